The minimum Gasteiger partial charge on any atom is -0.491 e. The third-order valence-corrected chi connectivity index (χ3v) is 2.69. The van der Waals surface area contributed by atoms with Crippen molar-refractivity contribution in [3.63, 3.8) is 0 Å². The fourth-order valence-electron chi connectivity index (χ4n) is 1.96. The van der Waals surface area contributed by atoms with E-state index in [4.69, 9.17) is 4.74 Å². The summed E-state index contributed by atoms with van der Waals surface area (Å²) in [5.41, 5.74) is 3.13. The van der Waals surface area contributed by atoms with E-state index in [1.165, 1.54) is 0 Å². The lowest BCUT2D eigenvalue weighted by Crippen LogP contribution is -2.24. The number of rotatable bonds is 5. The summed E-state index contributed by atoms with van der Waals surface area (Å²) in [6.45, 7) is 6.53. The first-order valence-corrected chi connectivity index (χ1v) is 6.29. The highest BCUT2D eigenvalue weighted by atomic mass is 16.5. The Morgan fingerprint density at radius 1 is 1.21 bits per heavy atom. The van der Waals surface area contributed by atoms with Gasteiger partial charge in [-0.05, 0) is 44.0 Å². The minimum atomic E-state index is -0.609. The second kappa shape index (κ2) is 5.84. The van der Waals surface area contributed by atoms with Crippen molar-refractivity contribution in [1.29, 1.82) is 0 Å². The van der Waals surface area contributed by atoms with Gasteiger partial charge < -0.3 is 9.84 Å². The summed E-state index contributed by atoms with van der Waals surface area (Å²) in [5.74, 6) is 0.784. The summed E-state index contributed by atoms with van der Waals surface area (Å²) >= 11 is 0. The minimum absolute atomic E-state index is 0.238. The molecule has 19 heavy (non-hydrogen) atoms. The Hall–Kier alpha value is -1.88. The molecule has 1 unspecified atom stereocenters. The average molecular weight is 261 g/mol. The molecule has 0 bridgehead atoms. The molecule has 0 aliphatic heterocycles. The predicted octanol–water partition coefficient (Wildman–Crippen LogP) is 1.64. The highest BCUT2D eigenvalue weighted by molar-refractivity contribution is 5.32. The Bertz CT molecular complexity index is 531. The van der Waals surface area contributed by atoms with Crippen LogP contribution in [0.1, 0.15) is 16.8 Å². The molecule has 0 aliphatic rings. The van der Waals surface area contributed by atoms with Gasteiger partial charge in [0.1, 0.15) is 18.5 Å². The smallest absolute Gasteiger partial charge is 0.119 e. The molecular formula is C14H19N3O2. The van der Waals surface area contributed by atoms with Crippen molar-refractivity contribution in [2.45, 2.75) is 33.4 Å². The van der Waals surface area contributed by atoms with Crippen molar-refractivity contribution in [1.82, 2.24) is 15.0 Å². The highest BCUT2D eigenvalue weighted by Gasteiger charge is 2.08. The van der Waals surface area contributed by atoms with E-state index in [0.29, 0.717) is 6.54 Å². The van der Waals surface area contributed by atoms with Crippen LogP contribution < -0.4 is 4.74 Å². The molecule has 2 aromatic rings. The summed E-state index contributed by atoms with van der Waals surface area (Å²) in [5, 5.41) is 17.7. The van der Waals surface area contributed by atoms with Crippen molar-refractivity contribution in [3.05, 3.63) is 41.2 Å². The molecule has 1 N–H and O–H groups in total. The fraction of sp³-hybridized carbons (Fsp3) is 0.429. The van der Waals surface area contributed by atoms with Crippen molar-refractivity contribution in [3.8, 4) is 5.75 Å². The number of nitrogens with zero attached hydrogens (tertiary/aromatic N) is 3. The van der Waals surface area contributed by atoms with Crippen LogP contribution in [0.25, 0.3) is 0 Å². The zero-order valence-electron chi connectivity index (χ0n) is 11.5. The summed E-state index contributed by atoms with van der Waals surface area (Å²) in [7, 11) is 0. The standard InChI is InChI=1S/C14H19N3O2/c1-10-4-11(2)6-14(5-10)19-9-13(18)8-17-7-12(3)15-16-17/h4-7,13,18H,8-9H2,1-3H3. The maximum absolute atomic E-state index is 9.90. The molecule has 1 heterocycles. The molecule has 1 aromatic heterocycles. The lowest BCUT2D eigenvalue weighted by Gasteiger charge is -2.13. The quantitative estimate of drug-likeness (QED) is 0.889. The maximum atomic E-state index is 9.90. The van der Waals surface area contributed by atoms with E-state index in [2.05, 4.69) is 16.4 Å². The van der Waals surface area contributed by atoms with Crippen LogP contribution in [0.5, 0.6) is 5.75 Å². The molecule has 0 spiro atoms. The van der Waals surface area contributed by atoms with Gasteiger partial charge in [-0.2, -0.15) is 0 Å². The Labute approximate surface area is 112 Å². The summed E-state index contributed by atoms with van der Waals surface area (Å²) in [6.07, 6.45) is 1.18. The number of hydrogen-bond acceptors (Lipinski definition) is 4. The average Bonchev–Trinajstić information content (AvgIpc) is 2.71. The molecule has 102 valence electrons. The maximum Gasteiger partial charge on any atom is 0.119 e. The van der Waals surface area contributed by atoms with Crippen molar-refractivity contribution in [2.75, 3.05) is 6.61 Å². The van der Waals surface area contributed by atoms with Gasteiger partial charge in [0.05, 0.1) is 12.2 Å². The summed E-state index contributed by atoms with van der Waals surface area (Å²) < 4.78 is 7.21. The second-order valence-corrected chi connectivity index (χ2v) is 4.87. The number of aliphatic hydroxyl groups excluding tert-OH is 1. The van der Waals surface area contributed by atoms with E-state index >= 15 is 0 Å². The topological polar surface area (TPSA) is 60.2 Å². The van der Waals surface area contributed by atoms with E-state index in [1.54, 1.807) is 10.9 Å². The van der Waals surface area contributed by atoms with Crippen molar-refractivity contribution in [2.24, 2.45) is 0 Å². The third-order valence-electron chi connectivity index (χ3n) is 2.69. The predicted molar refractivity (Wildman–Crippen MR) is 72.2 cm³/mol. The van der Waals surface area contributed by atoms with Gasteiger partial charge in [-0.3, -0.25) is 0 Å². The van der Waals surface area contributed by atoms with Gasteiger partial charge in [-0.15, -0.1) is 5.10 Å². The monoisotopic (exact) mass is 261 g/mol. The molecule has 1 aromatic carbocycles. The Kier molecular flexibility index (Phi) is 4.16. The number of benzene rings is 1. The molecule has 2 rings (SSSR count). The number of aliphatic hydroxyl groups is 1. The van der Waals surface area contributed by atoms with E-state index in [-0.39, 0.29) is 6.61 Å². The van der Waals surface area contributed by atoms with Crippen LogP contribution in [0.2, 0.25) is 0 Å². The lowest BCUT2D eigenvalue weighted by molar-refractivity contribution is 0.0887. The van der Waals surface area contributed by atoms with E-state index in [9.17, 15) is 5.11 Å². The van der Waals surface area contributed by atoms with Crippen LogP contribution in [0.3, 0.4) is 0 Å². The molecular weight excluding hydrogens is 242 g/mol. The zero-order valence-corrected chi connectivity index (χ0v) is 11.5. The molecule has 0 fully saturated rings. The Balaban J connectivity index is 1.87. The van der Waals surface area contributed by atoms with E-state index in [1.807, 2.05) is 32.9 Å². The molecule has 5 heteroatoms. The van der Waals surface area contributed by atoms with Crippen LogP contribution in [0, 0.1) is 20.8 Å². The van der Waals surface area contributed by atoms with Crippen molar-refractivity contribution >= 4 is 0 Å². The van der Waals surface area contributed by atoms with E-state index < -0.39 is 6.10 Å². The van der Waals surface area contributed by atoms with Gasteiger partial charge in [-0.1, -0.05) is 11.3 Å². The molecule has 0 saturated heterocycles. The molecule has 0 radical (unpaired) electrons. The van der Waals surface area contributed by atoms with Gasteiger partial charge >= 0.3 is 0 Å². The van der Waals surface area contributed by atoms with Gasteiger partial charge in [0, 0.05) is 6.20 Å². The lowest BCUT2D eigenvalue weighted by atomic mass is 10.1. The first kappa shape index (κ1) is 13.5. The Morgan fingerprint density at radius 2 is 1.89 bits per heavy atom. The summed E-state index contributed by atoms with van der Waals surface area (Å²) in [4.78, 5) is 0. The first-order chi connectivity index (χ1) is 9.02. The second-order valence-electron chi connectivity index (χ2n) is 4.87. The van der Waals surface area contributed by atoms with Crippen LogP contribution in [0.4, 0.5) is 0 Å². The number of ether oxygens (including phenoxy) is 1. The van der Waals surface area contributed by atoms with Gasteiger partial charge in [0.25, 0.3) is 0 Å². The highest BCUT2D eigenvalue weighted by Crippen LogP contribution is 2.16. The molecule has 5 nitrogen and oxygen atoms in total. The van der Waals surface area contributed by atoms with Crippen LogP contribution in [-0.4, -0.2) is 32.8 Å². The van der Waals surface area contributed by atoms with Crippen LogP contribution in [0.15, 0.2) is 24.4 Å². The van der Waals surface area contributed by atoms with Gasteiger partial charge in [-0.25, -0.2) is 4.68 Å². The largest absolute Gasteiger partial charge is 0.491 e. The molecule has 0 saturated carbocycles. The van der Waals surface area contributed by atoms with Crippen molar-refractivity contribution < 1.29 is 9.84 Å². The number of aromatic nitrogens is 3. The van der Waals surface area contributed by atoms with Gasteiger partial charge in [0.15, 0.2) is 0 Å². The Morgan fingerprint density at radius 3 is 2.47 bits per heavy atom. The molecule has 1 atom stereocenters. The fourth-order valence-corrected chi connectivity index (χ4v) is 1.96. The third kappa shape index (κ3) is 4.06. The zero-order chi connectivity index (χ0) is 13.8. The molecule has 0 amide bonds. The normalized spacial score (nSPS) is 12.4. The van der Waals surface area contributed by atoms with Crippen LogP contribution >= 0.6 is 0 Å². The summed E-state index contributed by atoms with van der Waals surface area (Å²) in [6, 6.07) is 6.00. The van der Waals surface area contributed by atoms with Gasteiger partial charge in [0.2, 0.25) is 0 Å². The first-order valence-electron chi connectivity index (χ1n) is 6.29. The van der Waals surface area contributed by atoms with Crippen LogP contribution in [-0.2, 0) is 6.54 Å². The van der Waals surface area contributed by atoms with E-state index in [0.717, 1.165) is 22.6 Å². The number of aryl methyl sites for hydroxylation is 3. The molecule has 0 aliphatic carbocycles. The SMILES string of the molecule is Cc1cc(C)cc(OCC(O)Cn2cc(C)nn2)c1. The number of hydrogen-bond donors (Lipinski definition) is 1.